The van der Waals surface area contributed by atoms with Gasteiger partial charge in [0.2, 0.25) is 0 Å². The van der Waals surface area contributed by atoms with Crippen LogP contribution in [0.3, 0.4) is 0 Å². The molecule has 0 bridgehead atoms. The molecule has 0 aliphatic heterocycles. The van der Waals surface area contributed by atoms with Crippen LogP contribution in [0.4, 0.5) is 0 Å². The molecular weight excluding hydrogens is 879 g/mol. The molecule has 0 heterocycles. The molecule has 9 nitrogen and oxygen atoms in total. The van der Waals surface area contributed by atoms with Crippen molar-refractivity contribution in [2.24, 2.45) is 17.3 Å². The lowest BCUT2D eigenvalue weighted by atomic mass is 9.55. The Kier molecular flexibility index (Phi) is 15.0. The Balaban J connectivity index is 0.975. The number of rotatable bonds is 20. The van der Waals surface area contributed by atoms with Crippen LogP contribution in [0.5, 0.6) is 5.75 Å². The molecule has 9 rings (SSSR count). The Morgan fingerprint density at radius 2 is 1.01 bits per heavy atom. The molecule has 3 aliphatic carbocycles. The van der Waals surface area contributed by atoms with E-state index in [0.29, 0.717) is 30.8 Å². The van der Waals surface area contributed by atoms with Gasteiger partial charge in [-0.3, -0.25) is 13.9 Å². The van der Waals surface area contributed by atoms with E-state index in [0.717, 1.165) is 65.7 Å². The molecule has 3 aliphatic rings. The molecule has 348 valence electrons. The van der Waals surface area contributed by atoms with Crippen LogP contribution in [-0.2, 0) is 76.2 Å². The third-order valence-corrected chi connectivity index (χ3v) is 19.7. The van der Waals surface area contributed by atoms with Crippen molar-refractivity contribution in [2.75, 3.05) is 0 Å². The van der Waals surface area contributed by atoms with Gasteiger partial charge in [0.15, 0.2) is 5.40 Å². The number of aryl methyl sites for hydroxylation is 1. The highest BCUT2D eigenvalue weighted by Gasteiger charge is 2.58. The number of hydrogen-bond donors (Lipinski definition) is 0. The molecule has 2 saturated carbocycles. The monoisotopic (exact) mass is 938 g/mol. The summed E-state index contributed by atoms with van der Waals surface area (Å²) >= 11 is 0. The number of hydrogen-bond acceptors (Lipinski definition) is 9. The first-order valence-electron chi connectivity index (χ1n) is 23.6. The second-order valence-electron chi connectivity index (χ2n) is 18.5. The average molecular weight is 939 g/mol. The molecule has 5 atom stereocenters. The number of benzene rings is 6. The molecule has 6 aromatic rings. The van der Waals surface area contributed by atoms with Crippen LogP contribution in [0.25, 0.3) is 0 Å². The van der Waals surface area contributed by atoms with Crippen molar-refractivity contribution in [2.45, 2.75) is 102 Å². The predicted molar refractivity (Wildman–Crippen MR) is 260 cm³/mol. The maximum atomic E-state index is 15.8. The summed E-state index contributed by atoms with van der Waals surface area (Å²) in [5, 5.41) is -1.66. The van der Waals surface area contributed by atoms with Crippen LogP contribution in [-0.4, -0.2) is 17.5 Å². The molecule has 0 amide bonds. The highest BCUT2D eigenvalue weighted by Crippen LogP contribution is 2.73. The first kappa shape index (κ1) is 47.0. The molecule has 11 heteroatoms. The van der Waals surface area contributed by atoms with Crippen molar-refractivity contribution >= 4 is 21.2 Å². The van der Waals surface area contributed by atoms with Gasteiger partial charge in [-0.2, -0.15) is 0 Å². The lowest BCUT2D eigenvalue weighted by molar-refractivity contribution is -0.157. The number of ether oxygens (including phenoxy) is 2. The van der Waals surface area contributed by atoms with Gasteiger partial charge in [0.1, 0.15) is 18.5 Å². The molecule has 2 fully saturated rings. The third-order valence-electron chi connectivity index (χ3n) is 14.2. The fraction of sp³-hybridized carbons (Fsp3) is 0.339. The third kappa shape index (κ3) is 11.3. The minimum atomic E-state index is -4.57. The smallest absolute Gasteiger partial charge is 0.347 e. The number of carbonyl (C=O) groups is 1. The van der Waals surface area contributed by atoms with Crippen molar-refractivity contribution in [3.63, 3.8) is 0 Å². The normalized spacial score (nSPS) is 21.2. The Bertz CT molecular complexity index is 2430. The second-order valence-corrected chi connectivity index (χ2v) is 23.3. The summed E-state index contributed by atoms with van der Waals surface area (Å²) in [4.78, 5) is 14.7. The van der Waals surface area contributed by atoms with E-state index in [1.165, 1.54) is 11.1 Å². The van der Waals surface area contributed by atoms with E-state index < -0.39 is 33.0 Å². The van der Waals surface area contributed by atoms with Crippen molar-refractivity contribution in [1.29, 1.82) is 0 Å². The van der Waals surface area contributed by atoms with Crippen molar-refractivity contribution in [3.8, 4) is 5.75 Å². The molecule has 0 spiro atoms. The van der Waals surface area contributed by atoms with Gasteiger partial charge in [0.25, 0.3) is 0 Å². The van der Waals surface area contributed by atoms with Crippen LogP contribution in [0.1, 0.15) is 90.3 Å². The van der Waals surface area contributed by atoms with Crippen molar-refractivity contribution in [1.82, 2.24) is 0 Å². The quantitative estimate of drug-likeness (QED) is 0.0546. The Morgan fingerprint density at radius 3 is 1.48 bits per heavy atom. The Morgan fingerprint density at radius 1 is 0.567 bits per heavy atom. The minimum absolute atomic E-state index is 0.133. The van der Waals surface area contributed by atoms with E-state index in [2.05, 4.69) is 37.3 Å². The van der Waals surface area contributed by atoms with E-state index in [9.17, 15) is 4.79 Å². The van der Waals surface area contributed by atoms with Crippen LogP contribution < -0.4 is 4.74 Å². The van der Waals surface area contributed by atoms with Gasteiger partial charge >= 0.3 is 21.2 Å². The standard InChI is InChI=1S/C56H60O9P2/c1-56-34-33-50-49-30-28-48(60-37-42-17-7-2-8-18-42)35-47(49)27-29-51(50)52(56)31-32-53(56)65-54(57)36-55(66(58,61-38-43-19-9-3-10-20-43)62-39-44-21-11-4-12-22-44)67(59,63-40-45-23-13-5-14-24-45)64-41-46-25-15-6-16-26-46/h2-26,28,30,35,50-53,55H,27,29,31-34,36-41H2,1H3/t50-,51-,52+,53+,56+/m1/s1. The van der Waals surface area contributed by atoms with Gasteiger partial charge in [0, 0.05) is 5.41 Å². The van der Waals surface area contributed by atoms with Crippen LogP contribution in [0.15, 0.2) is 170 Å². The number of carbonyl (C=O) groups excluding carboxylic acids is 1. The molecule has 0 N–H and O–H groups in total. The maximum Gasteiger partial charge on any atom is 0.347 e. The Labute approximate surface area is 395 Å². The highest BCUT2D eigenvalue weighted by molar-refractivity contribution is 7.72. The van der Waals surface area contributed by atoms with Gasteiger partial charge < -0.3 is 27.6 Å². The van der Waals surface area contributed by atoms with Crippen molar-refractivity contribution in [3.05, 3.63) is 209 Å². The highest BCUT2D eigenvalue weighted by atomic mass is 31.2. The Hall–Kier alpha value is -5.11. The summed E-state index contributed by atoms with van der Waals surface area (Å²) in [5.41, 5.74) is 6.54. The second kappa shape index (κ2) is 21.5. The van der Waals surface area contributed by atoms with Crippen LogP contribution in [0.2, 0.25) is 0 Å². The van der Waals surface area contributed by atoms with Crippen molar-refractivity contribution < 1.29 is 41.5 Å². The van der Waals surface area contributed by atoms with Gasteiger partial charge in [-0.05, 0) is 107 Å². The van der Waals surface area contributed by atoms with Gasteiger partial charge in [-0.25, -0.2) is 0 Å². The zero-order chi connectivity index (χ0) is 46.1. The summed E-state index contributed by atoms with van der Waals surface area (Å²) in [5.74, 6) is 1.48. The zero-order valence-corrected chi connectivity index (χ0v) is 39.9. The fourth-order valence-electron chi connectivity index (χ4n) is 10.7. The average Bonchev–Trinajstić information content (AvgIpc) is 3.71. The van der Waals surface area contributed by atoms with Gasteiger partial charge in [-0.15, -0.1) is 0 Å². The molecule has 0 radical (unpaired) electrons. The summed E-state index contributed by atoms with van der Waals surface area (Å²) in [6, 6.07) is 54.0. The molecule has 67 heavy (non-hydrogen) atoms. The summed E-state index contributed by atoms with van der Waals surface area (Å²) in [7, 11) is -9.13. The fourth-order valence-corrected chi connectivity index (χ4v) is 15.7. The van der Waals surface area contributed by atoms with E-state index in [1.807, 2.05) is 140 Å². The SMILES string of the molecule is C[C@]12CC[C@@H]3c4ccc(OCc5ccccc5)cc4CC[C@H]3[C@@H]1CC[C@@H]2OC(=O)CC(P(=O)(OCc1ccccc1)OCc1ccccc1)P(=O)(OCc1ccccc1)OCc1ccccc1. The predicted octanol–water partition coefficient (Wildman–Crippen LogP) is 14.0. The van der Waals surface area contributed by atoms with E-state index >= 15 is 9.13 Å². The number of fused-ring (bicyclic) bond motifs is 5. The van der Waals surface area contributed by atoms with E-state index in [-0.39, 0.29) is 37.9 Å². The molecule has 0 unspecified atom stereocenters. The lowest BCUT2D eigenvalue weighted by Crippen LogP contribution is -2.45. The van der Waals surface area contributed by atoms with Gasteiger partial charge in [0.05, 0.1) is 32.8 Å². The number of esters is 1. The summed E-state index contributed by atoms with van der Waals surface area (Å²) in [6.45, 7) is 2.28. The maximum absolute atomic E-state index is 15.8. The molecule has 6 aromatic carbocycles. The molecule has 0 aromatic heterocycles. The van der Waals surface area contributed by atoms with Crippen LogP contribution in [0, 0.1) is 17.3 Å². The minimum Gasteiger partial charge on any atom is -0.489 e. The first-order chi connectivity index (χ1) is 32.7. The summed E-state index contributed by atoms with van der Waals surface area (Å²) < 4.78 is 69.7. The largest absolute Gasteiger partial charge is 0.489 e. The topological polar surface area (TPSA) is 107 Å². The van der Waals surface area contributed by atoms with Gasteiger partial charge in [-0.1, -0.05) is 165 Å². The van der Waals surface area contributed by atoms with Crippen LogP contribution >= 0.6 is 15.2 Å². The van der Waals surface area contributed by atoms with E-state index in [1.54, 1.807) is 0 Å². The van der Waals surface area contributed by atoms with E-state index in [4.69, 9.17) is 27.6 Å². The lowest BCUT2D eigenvalue weighted by Gasteiger charge is -2.50. The molecular formula is C56H60O9P2. The zero-order valence-electron chi connectivity index (χ0n) is 38.1. The summed E-state index contributed by atoms with van der Waals surface area (Å²) in [6.07, 6.45) is 4.59. The first-order valence-corrected chi connectivity index (χ1v) is 26.8. The molecule has 0 saturated heterocycles.